The number of aryl methyl sites for hydroxylation is 1. The fourth-order valence-corrected chi connectivity index (χ4v) is 3.79. The van der Waals surface area contributed by atoms with Gasteiger partial charge in [-0.25, -0.2) is 0 Å². The van der Waals surface area contributed by atoms with E-state index in [1.165, 1.54) is 56.4 Å². The van der Waals surface area contributed by atoms with E-state index in [0.29, 0.717) is 0 Å². The van der Waals surface area contributed by atoms with Crippen molar-refractivity contribution >= 4 is 5.69 Å². The maximum absolute atomic E-state index is 2.63. The molecule has 0 atom stereocenters. The minimum absolute atomic E-state index is 0.773. The molecule has 0 bridgehead atoms. The molecule has 1 heterocycles. The van der Waals surface area contributed by atoms with E-state index in [0.717, 1.165) is 6.04 Å². The fraction of sp³-hybridized carbons (Fsp3) is 0.647. The van der Waals surface area contributed by atoms with Crippen LogP contribution in [0.1, 0.15) is 36.0 Å². The van der Waals surface area contributed by atoms with Gasteiger partial charge in [-0.05, 0) is 75.9 Å². The van der Waals surface area contributed by atoms with Gasteiger partial charge in [0.15, 0.2) is 0 Å². The van der Waals surface area contributed by atoms with E-state index in [1.54, 1.807) is 11.1 Å². The van der Waals surface area contributed by atoms with Crippen LogP contribution < -0.4 is 4.90 Å². The van der Waals surface area contributed by atoms with Gasteiger partial charge in [-0.3, -0.25) is 0 Å². The molecule has 0 saturated carbocycles. The van der Waals surface area contributed by atoms with Crippen molar-refractivity contribution in [2.75, 3.05) is 32.1 Å². The second-order valence-corrected chi connectivity index (χ2v) is 6.39. The minimum Gasteiger partial charge on any atom is -0.371 e. The molecular weight excluding hydrogens is 232 g/mol. The summed E-state index contributed by atoms with van der Waals surface area (Å²) in [5.41, 5.74) is 6.34. The highest BCUT2D eigenvalue weighted by atomic mass is 15.2. The Morgan fingerprint density at radius 3 is 2.42 bits per heavy atom. The van der Waals surface area contributed by atoms with E-state index in [1.807, 2.05) is 0 Å². The Kier molecular flexibility index (Phi) is 3.53. The van der Waals surface area contributed by atoms with Crippen molar-refractivity contribution in [2.24, 2.45) is 0 Å². The van der Waals surface area contributed by atoms with E-state index in [9.17, 15) is 0 Å². The fourth-order valence-electron chi connectivity index (χ4n) is 3.79. The standard InChI is InChI=1S/C17H26N2/c1-13-7-8-17(16-6-4-5-15(13)16)19-11-9-14(10-12-19)18(2)3/h7-8,14H,4-6,9-12H2,1-3H3. The molecule has 1 fully saturated rings. The normalized spacial score (nSPS) is 20.1. The molecule has 0 amide bonds. The van der Waals surface area contributed by atoms with Crippen LogP contribution in [0.4, 0.5) is 5.69 Å². The first kappa shape index (κ1) is 13.0. The summed E-state index contributed by atoms with van der Waals surface area (Å²) in [6.07, 6.45) is 6.54. The summed E-state index contributed by atoms with van der Waals surface area (Å²) in [7, 11) is 4.42. The molecule has 2 nitrogen and oxygen atoms in total. The number of nitrogens with zero attached hydrogens (tertiary/aromatic N) is 2. The van der Waals surface area contributed by atoms with E-state index < -0.39 is 0 Å². The summed E-state index contributed by atoms with van der Waals surface area (Å²) >= 11 is 0. The monoisotopic (exact) mass is 258 g/mol. The largest absolute Gasteiger partial charge is 0.371 e. The van der Waals surface area contributed by atoms with Crippen molar-refractivity contribution in [3.63, 3.8) is 0 Å². The van der Waals surface area contributed by atoms with Gasteiger partial charge < -0.3 is 9.80 Å². The van der Waals surface area contributed by atoms with Crippen LogP contribution >= 0.6 is 0 Å². The Labute approximate surface area is 117 Å². The first-order chi connectivity index (χ1) is 9.16. The summed E-state index contributed by atoms with van der Waals surface area (Å²) in [5.74, 6) is 0. The van der Waals surface area contributed by atoms with Gasteiger partial charge in [-0.15, -0.1) is 0 Å². The molecular formula is C17H26N2. The third-order valence-corrected chi connectivity index (χ3v) is 5.03. The summed E-state index contributed by atoms with van der Waals surface area (Å²) < 4.78 is 0. The molecule has 0 spiro atoms. The third-order valence-electron chi connectivity index (χ3n) is 5.03. The van der Waals surface area contributed by atoms with Gasteiger partial charge in [0.2, 0.25) is 0 Å². The number of benzene rings is 1. The second-order valence-electron chi connectivity index (χ2n) is 6.39. The number of hydrogen-bond acceptors (Lipinski definition) is 2. The van der Waals surface area contributed by atoms with Crippen LogP contribution in [0.5, 0.6) is 0 Å². The van der Waals surface area contributed by atoms with Crippen molar-refractivity contribution < 1.29 is 0 Å². The lowest BCUT2D eigenvalue weighted by Gasteiger charge is -2.37. The smallest absolute Gasteiger partial charge is 0.0401 e. The molecule has 0 N–H and O–H groups in total. The van der Waals surface area contributed by atoms with E-state index >= 15 is 0 Å². The van der Waals surface area contributed by atoms with Crippen molar-refractivity contribution in [1.82, 2.24) is 4.90 Å². The van der Waals surface area contributed by atoms with E-state index in [-0.39, 0.29) is 0 Å². The molecule has 3 rings (SSSR count). The molecule has 0 unspecified atom stereocenters. The van der Waals surface area contributed by atoms with Crippen LogP contribution in [-0.2, 0) is 12.8 Å². The van der Waals surface area contributed by atoms with Crippen LogP contribution in [0.25, 0.3) is 0 Å². The second kappa shape index (κ2) is 5.16. The first-order valence-corrected chi connectivity index (χ1v) is 7.69. The Balaban J connectivity index is 1.79. The number of hydrogen-bond donors (Lipinski definition) is 0. The molecule has 2 aliphatic rings. The van der Waals surface area contributed by atoms with E-state index in [2.05, 4.69) is 43.0 Å². The Hall–Kier alpha value is -1.02. The molecule has 19 heavy (non-hydrogen) atoms. The maximum atomic E-state index is 2.63. The van der Waals surface area contributed by atoms with Crippen LogP contribution in [0.3, 0.4) is 0 Å². The molecule has 0 radical (unpaired) electrons. The highest BCUT2D eigenvalue weighted by Gasteiger charge is 2.24. The summed E-state index contributed by atoms with van der Waals surface area (Å²) in [4.78, 5) is 5.01. The molecule has 104 valence electrons. The van der Waals surface area contributed by atoms with Gasteiger partial charge in [0.25, 0.3) is 0 Å². The molecule has 1 aliphatic heterocycles. The molecule has 2 heteroatoms. The average molecular weight is 258 g/mol. The predicted molar refractivity (Wildman–Crippen MR) is 82.1 cm³/mol. The van der Waals surface area contributed by atoms with Gasteiger partial charge in [-0.2, -0.15) is 0 Å². The maximum Gasteiger partial charge on any atom is 0.0401 e. The number of rotatable bonds is 2. The van der Waals surface area contributed by atoms with Gasteiger partial charge >= 0.3 is 0 Å². The summed E-state index contributed by atoms with van der Waals surface area (Å²) in [6, 6.07) is 5.47. The molecule has 1 saturated heterocycles. The quantitative estimate of drug-likeness (QED) is 0.804. The lowest BCUT2D eigenvalue weighted by atomic mass is 9.98. The number of piperidine rings is 1. The molecule has 1 aliphatic carbocycles. The highest BCUT2D eigenvalue weighted by molar-refractivity contribution is 5.60. The van der Waals surface area contributed by atoms with Gasteiger partial charge in [0, 0.05) is 24.8 Å². The first-order valence-electron chi connectivity index (χ1n) is 7.69. The topological polar surface area (TPSA) is 6.48 Å². The van der Waals surface area contributed by atoms with Crippen LogP contribution in [-0.4, -0.2) is 38.1 Å². The zero-order valence-electron chi connectivity index (χ0n) is 12.6. The lowest BCUT2D eigenvalue weighted by Crippen LogP contribution is -2.42. The Morgan fingerprint density at radius 1 is 1.05 bits per heavy atom. The highest BCUT2D eigenvalue weighted by Crippen LogP contribution is 2.35. The minimum atomic E-state index is 0.773. The molecule has 0 aromatic heterocycles. The summed E-state index contributed by atoms with van der Waals surface area (Å²) in [5, 5.41) is 0. The van der Waals surface area contributed by atoms with Gasteiger partial charge in [0.05, 0.1) is 0 Å². The Morgan fingerprint density at radius 2 is 1.74 bits per heavy atom. The molecule has 1 aromatic carbocycles. The molecule has 1 aromatic rings. The van der Waals surface area contributed by atoms with Gasteiger partial charge in [-0.1, -0.05) is 6.07 Å². The van der Waals surface area contributed by atoms with Crippen LogP contribution in [0.15, 0.2) is 12.1 Å². The lowest BCUT2D eigenvalue weighted by molar-refractivity contribution is 0.249. The average Bonchev–Trinajstić information content (AvgIpc) is 2.89. The van der Waals surface area contributed by atoms with Crippen molar-refractivity contribution in [2.45, 2.75) is 45.1 Å². The van der Waals surface area contributed by atoms with Crippen LogP contribution in [0.2, 0.25) is 0 Å². The zero-order chi connectivity index (χ0) is 13.4. The van der Waals surface area contributed by atoms with Gasteiger partial charge in [0.1, 0.15) is 0 Å². The Bertz CT molecular complexity index is 457. The van der Waals surface area contributed by atoms with Crippen molar-refractivity contribution in [3.8, 4) is 0 Å². The predicted octanol–water partition coefficient (Wildman–Crippen LogP) is 3.01. The number of fused-ring (bicyclic) bond motifs is 1. The summed E-state index contributed by atoms with van der Waals surface area (Å²) in [6.45, 7) is 4.71. The van der Waals surface area contributed by atoms with E-state index in [4.69, 9.17) is 0 Å². The number of anilines is 1. The van der Waals surface area contributed by atoms with Crippen LogP contribution in [0, 0.1) is 6.92 Å². The van der Waals surface area contributed by atoms with Crippen molar-refractivity contribution in [3.05, 3.63) is 28.8 Å². The SMILES string of the molecule is Cc1ccc(N2CCC(N(C)C)CC2)c2c1CCC2. The van der Waals surface area contributed by atoms with Crippen molar-refractivity contribution in [1.29, 1.82) is 0 Å². The third kappa shape index (κ3) is 2.38. The zero-order valence-corrected chi connectivity index (χ0v) is 12.6.